The van der Waals surface area contributed by atoms with Crippen molar-refractivity contribution < 1.29 is 43.2 Å². The molecule has 0 fully saturated rings. The Morgan fingerprint density at radius 3 is 1.96 bits per heavy atom. The predicted molar refractivity (Wildman–Crippen MR) is 90.7 cm³/mol. The van der Waals surface area contributed by atoms with Crippen molar-refractivity contribution in [3.63, 3.8) is 0 Å². The summed E-state index contributed by atoms with van der Waals surface area (Å²) in [4.78, 5) is 34.2. The molecule has 26 heavy (non-hydrogen) atoms. The zero-order valence-electron chi connectivity index (χ0n) is 15.1. The van der Waals surface area contributed by atoms with Gasteiger partial charge in [0.1, 0.15) is 0 Å². The van der Waals surface area contributed by atoms with E-state index in [4.69, 9.17) is 24.1 Å². The molecule has 0 saturated heterocycles. The van der Waals surface area contributed by atoms with Gasteiger partial charge in [-0.25, -0.2) is 14.4 Å². The van der Waals surface area contributed by atoms with Crippen molar-refractivity contribution in [3.05, 3.63) is 25.3 Å². The van der Waals surface area contributed by atoms with E-state index in [0.717, 1.165) is 6.92 Å². The molecule has 0 amide bonds. The van der Waals surface area contributed by atoms with Gasteiger partial charge in [0.25, 0.3) is 5.79 Å². The lowest BCUT2D eigenvalue weighted by Crippen LogP contribution is -2.48. The van der Waals surface area contributed by atoms with Crippen LogP contribution in [0.15, 0.2) is 25.3 Å². The summed E-state index contributed by atoms with van der Waals surface area (Å²) in [5, 5.41) is 8.84. The van der Waals surface area contributed by atoms with Crippen LogP contribution in [0.25, 0.3) is 0 Å². The number of allylic oxidation sites excluding steroid dienone is 2. The number of hydrogen-bond acceptors (Lipinski definition) is 8. The van der Waals surface area contributed by atoms with Crippen LogP contribution in [0.5, 0.6) is 0 Å². The molecule has 148 valence electrons. The van der Waals surface area contributed by atoms with E-state index in [0.29, 0.717) is 25.7 Å². The molecule has 2 atom stereocenters. The lowest BCUT2D eigenvalue weighted by molar-refractivity contribution is -0.225. The molecular formula is C17H26O9. The van der Waals surface area contributed by atoms with Gasteiger partial charge >= 0.3 is 18.5 Å². The third kappa shape index (κ3) is 10.2. The molecular weight excluding hydrogens is 348 g/mol. The quantitative estimate of drug-likeness (QED) is 0.178. The number of ether oxygens (including phenoxy) is 5. The van der Waals surface area contributed by atoms with Crippen molar-refractivity contribution in [1.29, 1.82) is 0 Å². The molecule has 1 N–H and O–H groups in total. The molecule has 0 aromatic rings. The first kappa shape index (κ1) is 23.3. The van der Waals surface area contributed by atoms with Gasteiger partial charge in [-0.2, -0.15) is 0 Å². The van der Waals surface area contributed by atoms with Crippen LogP contribution in [0.3, 0.4) is 0 Å². The first-order valence-corrected chi connectivity index (χ1v) is 8.08. The maximum Gasteiger partial charge on any atom is 0.511 e. The standard InChI is InChI=1S/C17H26O9/c1-5-7-9-11-22-15(20)24-13(3)17(4,25-14(18)19)26-16(21)23-12-10-8-6-2/h5-6,13H,1-2,7-12H2,3-4H3,(H,18,19). The average molecular weight is 374 g/mol. The summed E-state index contributed by atoms with van der Waals surface area (Å²) in [6.07, 6.45) is 0.482. The molecule has 0 aromatic carbocycles. The fraction of sp³-hybridized carbons (Fsp3) is 0.588. The summed E-state index contributed by atoms with van der Waals surface area (Å²) in [5.41, 5.74) is 0. The van der Waals surface area contributed by atoms with Crippen molar-refractivity contribution >= 4 is 18.5 Å². The molecule has 0 rings (SSSR count). The Labute approximate surface area is 152 Å². The third-order valence-electron chi connectivity index (χ3n) is 3.13. The molecule has 0 aliphatic carbocycles. The van der Waals surface area contributed by atoms with Crippen LogP contribution in [-0.2, 0) is 23.7 Å². The smallest absolute Gasteiger partial charge is 0.450 e. The van der Waals surface area contributed by atoms with E-state index >= 15 is 0 Å². The fourth-order valence-electron chi connectivity index (χ4n) is 1.61. The van der Waals surface area contributed by atoms with Gasteiger partial charge < -0.3 is 28.8 Å². The van der Waals surface area contributed by atoms with Crippen LogP contribution in [-0.4, -0.2) is 48.7 Å². The molecule has 0 bridgehead atoms. The highest BCUT2D eigenvalue weighted by molar-refractivity contribution is 5.63. The maximum absolute atomic E-state index is 11.7. The highest BCUT2D eigenvalue weighted by Gasteiger charge is 2.43. The van der Waals surface area contributed by atoms with E-state index in [1.54, 1.807) is 12.2 Å². The maximum atomic E-state index is 11.7. The zero-order chi connectivity index (χ0) is 20.0. The summed E-state index contributed by atoms with van der Waals surface area (Å²) >= 11 is 0. The molecule has 0 heterocycles. The molecule has 2 unspecified atom stereocenters. The Kier molecular flexibility index (Phi) is 11.3. The summed E-state index contributed by atoms with van der Waals surface area (Å²) in [6.45, 7) is 9.63. The molecule has 0 aliphatic heterocycles. The van der Waals surface area contributed by atoms with Gasteiger partial charge in [0.15, 0.2) is 6.10 Å². The lowest BCUT2D eigenvalue weighted by Gasteiger charge is -2.31. The van der Waals surface area contributed by atoms with Gasteiger partial charge in [0.2, 0.25) is 0 Å². The Balaban J connectivity index is 4.68. The van der Waals surface area contributed by atoms with Gasteiger partial charge in [-0.3, -0.25) is 0 Å². The Hall–Kier alpha value is -2.71. The van der Waals surface area contributed by atoms with E-state index in [1.165, 1.54) is 6.92 Å². The van der Waals surface area contributed by atoms with Crippen molar-refractivity contribution in [2.75, 3.05) is 13.2 Å². The van der Waals surface area contributed by atoms with Gasteiger partial charge in [-0.15, -0.1) is 13.2 Å². The highest BCUT2D eigenvalue weighted by Crippen LogP contribution is 2.22. The second-order valence-electron chi connectivity index (χ2n) is 5.30. The number of hydrogen-bond donors (Lipinski definition) is 1. The largest absolute Gasteiger partial charge is 0.511 e. The van der Waals surface area contributed by atoms with Crippen LogP contribution in [0.4, 0.5) is 14.4 Å². The molecule has 0 saturated carbocycles. The minimum atomic E-state index is -2.11. The van der Waals surface area contributed by atoms with Crippen molar-refractivity contribution in [2.24, 2.45) is 0 Å². The van der Waals surface area contributed by atoms with Crippen LogP contribution in [0, 0.1) is 0 Å². The molecule has 9 nitrogen and oxygen atoms in total. The van der Waals surface area contributed by atoms with E-state index in [-0.39, 0.29) is 13.2 Å². The Morgan fingerprint density at radius 2 is 1.50 bits per heavy atom. The SMILES string of the molecule is C=CCCCOC(=O)OC(C)C(C)(OC(=O)O)OC(=O)OCCCC=C. The zero-order valence-corrected chi connectivity index (χ0v) is 15.1. The number of unbranched alkanes of at least 4 members (excludes halogenated alkanes) is 2. The first-order valence-electron chi connectivity index (χ1n) is 8.08. The highest BCUT2D eigenvalue weighted by atomic mass is 16.8. The summed E-state index contributed by atoms with van der Waals surface area (Å²) in [7, 11) is 0. The van der Waals surface area contributed by atoms with Crippen LogP contribution in [0.1, 0.15) is 39.5 Å². The summed E-state index contributed by atoms with van der Waals surface area (Å²) in [5.74, 6) is -2.11. The first-order chi connectivity index (χ1) is 12.2. The number of carboxylic acid groups (broad SMARTS) is 1. The monoisotopic (exact) mass is 374 g/mol. The second-order valence-corrected chi connectivity index (χ2v) is 5.30. The summed E-state index contributed by atoms with van der Waals surface area (Å²) < 4.78 is 24.0. The average Bonchev–Trinajstić information content (AvgIpc) is 2.54. The van der Waals surface area contributed by atoms with Crippen molar-refractivity contribution in [3.8, 4) is 0 Å². The predicted octanol–water partition coefficient (Wildman–Crippen LogP) is 4.02. The molecule has 0 aliphatic rings. The number of rotatable bonds is 12. The van der Waals surface area contributed by atoms with Crippen molar-refractivity contribution in [2.45, 2.75) is 51.4 Å². The van der Waals surface area contributed by atoms with Gasteiger partial charge in [0, 0.05) is 6.92 Å². The van der Waals surface area contributed by atoms with E-state index in [1.807, 2.05) is 0 Å². The van der Waals surface area contributed by atoms with Crippen LogP contribution in [0.2, 0.25) is 0 Å². The van der Waals surface area contributed by atoms with Crippen LogP contribution < -0.4 is 0 Å². The van der Waals surface area contributed by atoms with E-state index in [2.05, 4.69) is 17.9 Å². The Bertz CT molecular complexity index is 489. The van der Waals surface area contributed by atoms with Gasteiger partial charge in [-0.1, -0.05) is 12.2 Å². The molecule has 9 heteroatoms. The van der Waals surface area contributed by atoms with Gasteiger partial charge in [-0.05, 0) is 32.6 Å². The van der Waals surface area contributed by atoms with Crippen molar-refractivity contribution in [1.82, 2.24) is 0 Å². The van der Waals surface area contributed by atoms with Crippen LogP contribution >= 0.6 is 0 Å². The number of carbonyl (C=O) groups is 3. The normalized spacial score (nSPS) is 13.5. The Morgan fingerprint density at radius 1 is 1.00 bits per heavy atom. The van der Waals surface area contributed by atoms with E-state index < -0.39 is 30.4 Å². The van der Waals surface area contributed by atoms with E-state index in [9.17, 15) is 14.4 Å². The lowest BCUT2D eigenvalue weighted by atomic mass is 10.2. The molecule has 0 spiro atoms. The van der Waals surface area contributed by atoms with Gasteiger partial charge in [0.05, 0.1) is 13.2 Å². The second kappa shape index (κ2) is 12.6. The minimum Gasteiger partial charge on any atom is -0.450 e. The fourth-order valence-corrected chi connectivity index (χ4v) is 1.61. The molecule has 0 aromatic heterocycles. The minimum absolute atomic E-state index is 0.0502. The molecule has 0 radical (unpaired) electrons. The topological polar surface area (TPSA) is 118 Å². The number of carbonyl (C=O) groups excluding carboxylic acids is 2. The summed E-state index contributed by atoms with van der Waals surface area (Å²) in [6, 6.07) is 0. The third-order valence-corrected chi connectivity index (χ3v) is 3.13.